The first-order valence-corrected chi connectivity index (χ1v) is 6.82. The quantitative estimate of drug-likeness (QED) is 0.572. The van der Waals surface area contributed by atoms with E-state index in [-0.39, 0.29) is 11.4 Å². The van der Waals surface area contributed by atoms with Crippen LogP contribution in [0.3, 0.4) is 0 Å². The van der Waals surface area contributed by atoms with Crippen molar-refractivity contribution in [2.45, 2.75) is 18.3 Å². The molecule has 5 heteroatoms. The summed E-state index contributed by atoms with van der Waals surface area (Å²) in [6, 6.07) is 8.25. The lowest BCUT2D eigenvalue weighted by molar-refractivity contribution is 0.123. The van der Waals surface area contributed by atoms with Crippen LogP contribution in [0, 0.1) is 0 Å². The van der Waals surface area contributed by atoms with Gasteiger partial charge in [0.25, 0.3) is 0 Å². The van der Waals surface area contributed by atoms with E-state index in [4.69, 9.17) is 10.5 Å². The zero-order valence-electron chi connectivity index (χ0n) is 10.7. The smallest absolute Gasteiger partial charge is 0.0843 e. The van der Waals surface area contributed by atoms with Gasteiger partial charge in [-0.25, -0.2) is 0 Å². The average molecular weight is 267 g/mol. The van der Waals surface area contributed by atoms with Gasteiger partial charge in [0, 0.05) is 19.1 Å². The highest BCUT2D eigenvalue weighted by Crippen LogP contribution is 2.27. The number of ether oxygens (including phenoxy) is 1. The molecule has 4 nitrogen and oxygen atoms in total. The summed E-state index contributed by atoms with van der Waals surface area (Å²) in [7, 11) is 0. The molecule has 18 heavy (non-hydrogen) atoms. The van der Waals surface area contributed by atoms with Crippen LogP contribution in [0.5, 0.6) is 0 Å². The third-order valence-corrected chi connectivity index (χ3v) is 3.66. The topological polar surface area (TPSA) is 50.5 Å². The average Bonchev–Trinajstić information content (AvgIpc) is 2.40. The highest BCUT2D eigenvalue weighted by atomic mass is 32.1. The second-order valence-electron chi connectivity index (χ2n) is 4.56. The Morgan fingerprint density at radius 1 is 1.33 bits per heavy atom. The number of rotatable bonds is 4. The molecule has 1 aliphatic rings. The van der Waals surface area contributed by atoms with Crippen LogP contribution in [0.15, 0.2) is 24.3 Å². The van der Waals surface area contributed by atoms with Crippen LogP contribution in [-0.2, 0) is 4.74 Å². The van der Waals surface area contributed by atoms with E-state index in [1.807, 2.05) is 13.0 Å². The summed E-state index contributed by atoms with van der Waals surface area (Å²) in [6.45, 7) is 5.36. The van der Waals surface area contributed by atoms with Crippen molar-refractivity contribution in [1.82, 2.24) is 0 Å². The second kappa shape index (κ2) is 6.31. The molecule has 0 saturated carbocycles. The Hall–Kier alpha value is -0.910. The predicted octanol–water partition coefficient (Wildman–Crippen LogP) is 1.54. The Kier molecular flexibility index (Phi) is 4.74. The second-order valence-corrected chi connectivity index (χ2v) is 5.12. The van der Waals surface area contributed by atoms with Crippen molar-refractivity contribution in [3.05, 3.63) is 24.3 Å². The van der Waals surface area contributed by atoms with Crippen LogP contribution < -0.4 is 16.0 Å². The molecule has 2 unspecified atom stereocenters. The first-order valence-electron chi connectivity index (χ1n) is 6.30. The van der Waals surface area contributed by atoms with E-state index in [2.05, 4.69) is 41.0 Å². The Morgan fingerprint density at radius 2 is 2.00 bits per heavy atom. The number of anilines is 2. The van der Waals surface area contributed by atoms with Gasteiger partial charge in [0.05, 0.1) is 30.0 Å². The Morgan fingerprint density at radius 3 is 2.67 bits per heavy atom. The van der Waals surface area contributed by atoms with Crippen LogP contribution in [-0.4, -0.2) is 37.7 Å². The summed E-state index contributed by atoms with van der Waals surface area (Å²) >= 11 is 4.47. The van der Waals surface area contributed by atoms with Crippen LogP contribution >= 0.6 is 12.6 Å². The molecule has 0 aliphatic carbocycles. The first kappa shape index (κ1) is 13.5. The van der Waals surface area contributed by atoms with Gasteiger partial charge >= 0.3 is 0 Å². The highest BCUT2D eigenvalue weighted by molar-refractivity contribution is 7.81. The number of nitrogens with two attached hydrogens (primary N) is 1. The molecule has 0 spiro atoms. The maximum atomic E-state index is 5.84. The molecule has 1 saturated heterocycles. The van der Waals surface area contributed by atoms with Gasteiger partial charge in [-0.15, -0.1) is 0 Å². The molecule has 0 amide bonds. The number of nitrogens with one attached hydrogen (secondary N) is 1. The molecule has 3 N–H and O–H groups in total. The summed E-state index contributed by atoms with van der Waals surface area (Å²) in [5.74, 6) is 0. The number of para-hydroxylation sites is 2. The van der Waals surface area contributed by atoms with E-state index < -0.39 is 0 Å². The zero-order chi connectivity index (χ0) is 13.0. The molecule has 1 aliphatic heterocycles. The van der Waals surface area contributed by atoms with E-state index in [9.17, 15) is 0 Å². The maximum absolute atomic E-state index is 5.84. The molecule has 2 atom stereocenters. The fraction of sp³-hybridized carbons (Fsp3) is 0.538. The van der Waals surface area contributed by atoms with Gasteiger partial charge < -0.3 is 20.7 Å². The summed E-state index contributed by atoms with van der Waals surface area (Å²) in [5, 5.41) is 3.32. The van der Waals surface area contributed by atoms with E-state index in [0.29, 0.717) is 0 Å². The fourth-order valence-electron chi connectivity index (χ4n) is 1.97. The Balaban J connectivity index is 2.14. The van der Waals surface area contributed by atoms with Crippen LogP contribution in [0.25, 0.3) is 0 Å². The maximum Gasteiger partial charge on any atom is 0.0843 e. The van der Waals surface area contributed by atoms with E-state index in [1.54, 1.807) is 0 Å². The van der Waals surface area contributed by atoms with Crippen LogP contribution in [0.2, 0.25) is 0 Å². The molecule has 0 radical (unpaired) electrons. The van der Waals surface area contributed by atoms with E-state index >= 15 is 0 Å². The third-order valence-electron chi connectivity index (χ3n) is 3.06. The molecule has 0 aromatic heterocycles. The molecule has 1 heterocycles. The van der Waals surface area contributed by atoms with Gasteiger partial charge in [-0.1, -0.05) is 12.1 Å². The molecule has 0 bridgehead atoms. The van der Waals surface area contributed by atoms with E-state index in [1.165, 1.54) is 5.69 Å². The fourth-order valence-corrected chi connectivity index (χ4v) is 2.11. The molecule has 1 aromatic rings. The Bertz CT molecular complexity index is 380. The number of thiol groups is 1. The van der Waals surface area contributed by atoms with Gasteiger partial charge in [0.1, 0.15) is 0 Å². The zero-order valence-corrected chi connectivity index (χ0v) is 11.6. The number of hydrogen-bond donors (Lipinski definition) is 3. The third kappa shape index (κ3) is 3.31. The van der Waals surface area contributed by atoms with Crippen molar-refractivity contribution in [2.24, 2.45) is 5.73 Å². The molecule has 2 rings (SSSR count). The van der Waals surface area contributed by atoms with Crippen LogP contribution in [0.4, 0.5) is 11.4 Å². The first-order chi connectivity index (χ1) is 8.68. The van der Waals surface area contributed by atoms with Crippen LogP contribution in [0.1, 0.15) is 6.92 Å². The van der Waals surface area contributed by atoms with Crippen molar-refractivity contribution >= 4 is 24.0 Å². The molecule has 1 aromatic carbocycles. The monoisotopic (exact) mass is 267 g/mol. The molecule has 100 valence electrons. The Labute approximate surface area is 114 Å². The van der Waals surface area contributed by atoms with E-state index in [0.717, 1.165) is 32.0 Å². The number of nitrogens with zero attached hydrogens (tertiary/aromatic N) is 1. The van der Waals surface area contributed by atoms with Gasteiger partial charge in [-0.05, 0) is 19.1 Å². The predicted molar refractivity (Wildman–Crippen MR) is 79.5 cm³/mol. The number of hydrogen-bond acceptors (Lipinski definition) is 5. The van der Waals surface area contributed by atoms with Gasteiger partial charge in [-0.2, -0.15) is 12.6 Å². The molecule has 1 fully saturated rings. The summed E-state index contributed by atoms with van der Waals surface area (Å²) < 4.78 is 5.38. The normalized spacial score (nSPS) is 19.4. The molecular weight excluding hydrogens is 246 g/mol. The minimum absolute atomic E-state index is 0.00826. The lowest BCUT2D eigenvalue weighted by Gasteiger charge is -2.31. The summed E-state index contributed by atoms with van der Waals surface area (Å²) in [5.41, 5.74) is 8.11. The number of morpholine rings is 1. The van der Waals surface area contributed by atoms with Crippen molar-refractivity contribution in [2.75, 3.05) is 36.5 Å². The van der Waals surface area contributed by atoms with Crippen molar-refractivity contribution < 1.29 is 4.74 Å². The van der Waals surface area contributed by atoms with Gasteiger partial charge in [0.2, 0.25) is 0 Å². The highest BCUT2D eigenvalue weighted by Gasteiger charge is 2.16. The number of benzene rings is 1. The largest absolute Gasteiger partial charge is 0.378 e. The van der Waals surface area contributed by atoms with Crippen molar-refractivity contribution in [3.8, 4) is 0 Å². The summed E-state index contributed by atoms with van der Waals surface area (Å²) in [6.07, 6.45) is 0. The lowest BCUT2D eigenvalue weighted by Crippen LogP contribution is -2.38. The summed E-state index contributed by atoms with van der Waals surface area (Å²) in [4.78, 5) is 2.33. The SMILES string of the molecule is CC(N)C(S)Nc1ccccc1N1CCOCC1. The van der Waals surface area contributed by atoms with Gasteiger partial charge in [-0.3, -0.25) is 0 Å². The minimum atomic E-state index is -0.0489. The standard InChI is InChI=1S/C13H21N3OS/c1-10(14)13(18)15-11-4-2-3-5-12(11)16-6-8-17-9-7-16/h2-5,10,13,15,18H,6-9,14H2,1H3. The molecular formula is C13H21N3OS. The minimum Gasteiger partial charge on any atom is -0.378 e. The lowest BCUT2D eigenvalue weighted by atomic mass is 10.2. The van der Waals surface area contributed by atoms with Gasteiger partial charge in [0.15, 0.2) is 0 Å². The van der Waals surface area contributed by atoms with Crippen molar-refractivity contribution in [3.63, 3.8) is 0 Å². The van der Waals surface area contributed by atoms with Crippen molar-refractivity contribution in [1.29, 1.82) is 0 Å².